The number of carbonyl (C=O) groups is 1. The Balaban J connectivity index is 1.76. The van der Waals surface area contributed by atoms with Gasteiger partial charge in [0, 0.05) is 10.9 Å². The molecule has 24 heavy (non-hydrogen) atoms. The summed E-state index contributed by atoms with van der Waals surface area (Å²) < 4.78 is 0. The van der Waals surface area contributed by atoms with Crippen molar-refractivity contribution in [1.29, 1.82) is 0 Å². The molecule has 1 heterocycles. The zero-order valence-electron chi connectivity index (χ0n) is 12.7. The second-order valence-electron chi connectivity index (χ2n) is 6.25. The number of carboxylic acid groups (broad SMARTS) is 1. The van der Waals surface area contributed by atoms with E-state index >= 15 is 0 Å². The number of aromatic carboxylic acids is 1. The van der Waals surface area contributed by atoms with E-state index in [1.165, 1.54) is 0 Å². The molecule has 0 unspecified atom stereocenters. The van der Waals surface area contributed by atoms with E-state index in [1.54, 1.807) is 18.2 Å². The number of anilines is 1. The third-order valence-corrected chi connectivity index (χ3v) is 5.42. The molecule has 0 radical (unpaired) electrons. The Hall–Kier alpha value is -1.97. The number of fused-ring (bicyclic) bond motifs is 3. The van der Waals surface area contributed by atoms with Crippen LogP contribution in [0.1, 0.15) is 39.9 Å². The first kappa shape index (κ1) is 15.6. The predicted octanol–water partition coefficient (Wildman–Crippen LogP) is 5.52. The Morgan fingerprint density at radius 1 is 1.17 bits per heavy atom. The van der Waals surface area contributed by atoms with Crippen LogP contribution in [0.25, 0.3) is 0 Å². The van der Waals surface area contributed by atoms with Crippen LogP contribution >= 0.6 is 23.2 Å². The number of allylic oxidation sites excluding steroid dienone is 2. The fourth-order valence-electron chi connectivity index (χ4n) is 3.78. The van der Waals surface area contributed by atoms with E-state index in [0.717, 1.165) is 23.2 Å². The number of benzene rings is 2. The molecule has 3 nitrogen and oxygen atoms in total. The predicted molar refractivity (Wildman–Crippen MR) is 96.2 cm³/mol. The Kier molecular flexibility index (Phi) is 3.78. The molecule has 2 aromatic carbocycles. The summed E-state index contributed by atoms with van der Waals surface area (Å²) in [6.07, 6.45) is 5.38. The van der Waals surface area contributed by atoms with Crippen LogP contribution < -0.4 is 5.32 Å². The summed E-state index contributed by atoms with van der Waals surface area (Å²) in [6.45, 7) is 0. The SMILES string of the molecule is O=C(O)c1ccc([C@H]2Nc3c(Cl)cc(Cl)cc3[C@H]3C=CC[C@@H]32)cc1. The van der Waals surface area contributed by atoms with Crippen LogP contribution in [0, 0.1) is 5.92 Å². The molecule has 0 fully saturated rings. The van der Waals surface area contributed by atoms with Crippen LogP contribution in [0.15, 0.2) is 48.6 Å². The van der Waals surface area contributed by atoms with Crippen LogP contribution in [0.2, 0.25) is 10.0 Å². The molecular formula is C19H15Cl2NO2. The first-order valence-corrected chi connectivity index (χ1v) is 8.55. The van der Waals surface area contributed by atoms with Crippen LogP contribution in [0.3, 0.4) is 0 Å². The molecule has 0 bridgehead atoms. The van der Waals surface area contributed by atoms with Crippen molar-refractivity contribution in [3.8, 4) is 0 Å². The van der Waals surface area contributed by atoms with Crippen molar-refractivity contribution in [2.24, 2.45) is 5.92 Å². The lowest BCUT2D eigenvalue weighted by molar-refractivity contribution is 0.0697. The maximum atomic E-state index is 11.1. The summed E-state index contributed by atoms with van der Waals surface area (Å²) in [6, 6.07) is 10.9. The van der Waals surface area contributed by atoms with Gasteiger partial charge in [-0.1, -0.05) is 47.5 Å². The number of hydrogen-bond acceptors (Lipinski definition) is 2. The molecule has 122 valence electrons. The number of carboxylic acids is 1. The molecule has 0 amide bonds. The van der Waals surface area contributed by atoms with Gasteiger partial charge in [0.25, 0.3) is 0 Å². The van der Waals surface area contributed by atoms with Gasteiger partial charge in [-0.3, -0.25) is 0 Å². The van der Waals surface area contributed by atoms with Crippen LogP contribution in [-0.2, 0) is 0 Å². The fraction of sp³-hybridized carbons (Fsp3) is 0.211. The van der Waals surface area contributed by atoms with Gasteiger partial charge in [-0.15, -0.1) is 0 Å². The highest BCUT2D eigenvalue weighted by atomic mass is 35.5. The van der Waals surface area contributed by atoms with E-state index in [0.29, 0.717) is 21.5 Å². The molecule has 4 rings (SSSR count). The minimum absolute atomic E-state index is 0.0824. The van der Waals surface area contributed by atoms with Crippen LogP contribution in [0.5, 0.6) is 0 Å². The molecule has 1 aliphatic heterocycles. The van der Waals surface area contributed by atoms with Gasteiger partial charge in [-0.05, 0) is 47.7 Å². The molecule has 2 N–H and O–H groups in total. The van der Waals surface area contributed by atoms with Gasteiger partial charge in [-0.2, -0.15) is 0 Å². The topological polar surface area (TPSA) is 49.3 Å². The van der Waals surface area contributed by atoms with Crippen molar-refractivity contribution < 1.29 is 9.90 Å². The zero-order valence-corrected chi connectivity index (χ0v) is 14.2. The summed E-state index contributed by atoms with van der Waals surface area (Å²) in [4.78, 5) is 11.1. The number of hydrogen-bond donors (Lipinski definition) is 2. The highest BCUT2D eigenvalue weighted by molar-refractivity contribution is 6.36. The first-order chi connectivity index (χ1) is 11.5. The summed E-state index contributed by atoms with van der Waals surface area (Å²) in [5, 5.41) is 13.9. The average molecular weight is 360 g/mol. The normalized spacial score (nSPS) is 24.2. The second kappa shape index (κ2) is 5.83. The van der Waals surface area contributed by atoms with Gasteiger partial charge in [0.1, 0.15) is 0 Å². The molecule has 0 spiro atoms. The van der Waals surface area contributed by atoms with Gasteiger partial charge >= 0.3 is 5.97 Å². The highest BCUT2D eigenvalue weighted by Crippen LogP contribution is 2.52. The minimum atomic E-state index is -0.915. The summed E-state index contributed by atoms with van der Waals surface area (Å²) in [7, 11) is 0. The monoisotopic (exact) mass is 359 g/mol. The summed E-state index contributed by atoms with van der Waals surface area (Å²) in [5.74, 6) is -0.286. The number of nitrogens with one attached hydrogen (secondary N) is 1. The van der Waals surface area contributed by atoms with Crippen molar-refractivity contribution in [3.63, 3.8) is 0 Å². The van der Waals surface area contributed by atoms with Gasteiger partial charge < -0.3 is 10.4 Å². The zero-order chi connectivity index (χ0) is 16.8. The first-order valence-electron chi connectivity index (χ1n) is 7.80. The van der Waals surface area contributed by atoms with Gasteiger partial charge in [0.05, 0.1) is 22.3 Å². The third kappa shape index (κ3) is 2.48. The Labute approximate surface area is 149 Å². The van der Waals surface area contributed by atoms with Crippen molar-refractivity contribution in [2.75, 3.05) is 5.32 Å². The quantitative estimate of drug-likeness (QED) is 0.694. The average Bonchev–Trinajstić information content (AvgIpc) is 3.04. The Bertz CT molecular complexity index is 845. The molecular weight excluding hydrogens is 345 g/mol. The lowest BCUT2D eigenvalue weighted by Gasteiger charge is -2.38. The second-order valence-corrected chi connectivity index (χ2v) is 7.10. The lowest BCUT2D eigenvalue weighted by Crippen LogP contribution is -2.29. The largest absolute Gasteiger partial charge is 0.478 e. The molecule has 2 aromatic rings. The van der Waals surface area contributed by atoms with Crippen molar-refractivity contribution in [3.05, 3.63) is 75.3 Å². The van der Waals surface area contributed by atoms with E-state index in [2.05, 4.69) is 17.5 Å². The molecule has 3 atom stereocenters. The molecule has 0 aromatic heterocycles. The van der Waals surface area contributed by atoms with E-state index in [-0.39, 0.29) is 12.0 Å². The fourth-order valence-corrected chi connectivity index (χ4v) is 4.35. The van der Waals surface area contributed by atoms with E-state index in [1.807, 2.05) is 18.2 Å². The molecule has 0 saturated carbocycles. The maximum absolute atomic E-state index is 11.1. The minimum Gasteiger partial charge on any atom is -0.478 e. The highest BCUT2D eigenvalue weighted by Gasteiger charge is 2.38. The van der Waals surface area contributed by atoms with Crippen LogP contribution in [-0.4, -0.2) is 11.1 Å². The Morgan fingerprint density at radius 2 is 1.92 bits per heavy atom. The van der Waals surface area contributed by atoms with Gasteiger partial charge in [-0.25, -0.2) is 4.79 Å². The van der Waals surface area contributed by atoms with Crippen molar-refractivity contribution >= 4 is 34.9 Å². The summed E-state index contributed by atoms with van der Waals surface area (Å²) >= 11 is 12.6. The summed E-state index contributed by atoms with van der Waals surface area (Å²) in [5.41, 5.74) is 3.40. The van der Waals surface area contributed by atoms with Gasteiger partial charge in [0.2, 0.25) is 0 Å². The van der Waals surface area contributed by atoms with Crippen molar-refractivity contribution in [1.82, 2.24) is 0 Å². The molecule has 0 saturated heterocycles. The van der Waals surface area contributed by atoms with Crippen molar-refractivity contribution in [2.45, 2.75) is 18.4 Å². The molecule has 5 heteroatoms. The number of halogens is 2. The molecule has 2 aliphatic rings. The smallest absolute Gasteiger partial charge is 0.335 e. The van der Waals surface area contributed by atoms with E-state index < -0.39 is 5.97 Å². The molecule has 1 aliphatic carbocycles. The van der Waals surface area contributed by atoms with E-state index in [9.17, 15) is 4.79 Å². The third-order valence-electron chi connectivity index (χ3n) is 4.90. The maximum Gasteiger partial charge on any atom is 0.335 e. The number of rotatable bonds is 2. The van der Waals surface area contributed by atoms with Crippen LogP contribution in [0.4, 0.5) is 5.69 Å². The standard InChI is InChI=1S/C19H15Cl2NO2/c20-12-8-15-13-2-1-3-14(13)17(22-18(15)16(21)9-12)10-4-6-11(7-5-10)19(23)24/h1-2,4-9,13-14,17,22H,3H2,(H,23,24)/t13-,14-,17+/m0/s1. The van der Waals surface area contributed by atoms with Gasteiger partial charge in [0.15, 0.2) is 0 Å². The Morgan fingerprint density at radius 3 is 2.62 bits per heavy atom. The lowest BCUT2D eigenvalue weighted by atomic mass is 9.77. The van der Waals surface area contributed by atoms with E-state index in [4.69, 9.17) is 28.3 Å².